The Kier molecular flexibility index (Phi) is 3.93. The first-order valence-electron chi connectivity index (χ1n) is 7.22. The Labute approximate surface area is 134 Å². The van der Waals surface area contributed by atoms with E-state index in [0.717, 1.165) is 11.1 Å². The fourth-order valence-corrected chi connectivity index (χ4v) is 2.45. The Morgan fingerprint density at radius 2 is 1.61 bits per heavy atom. The van der Waals surface area contributed by atoms with Gasteiger partial charge in [0, 0.05) is 11.6 Å². The van der Waals surface area contributed by atoms with Gasteiger partial charge in [0.05, 0.1) is 12.7 Å². The molecule has 0 fully saturated rings. The molecule has 116 valence electrons. The smallest absolute Gasteiger partial charge is 0.167 e. The van der Waals surface area contributed by atoms with Crippen LogP contribution in [0.5, 0.6) is 11.5 Å². The van der Waals surface area contributed by atoms with Gasteiger partial charge >= 0.3 is 0 Å². The number of methoxy groups -OCH3 is 1. The summed E-state index contributed by atoms with van der Waals surface area (Å²) in [5.41, 5.74) is 3.78. The molecule has 3 aromatic rings. The Hall–Kier alpha value is -2.95. The van der Waals surface area contributed by atoms with Gasteiger partial charge in [-0.25, -0.2) is 15.0 Å². The van der Waals surface area contributed by atoms with Crippen molar-refractivity contribution in [1.29, 1.82) is 0 Å². The quantitative estimate of drug-likeness (QED) is 0.801. The van der Waals surface area contributed by atoms with E-state index in [1.807, 2.05) is 26.0 Å². The summed E-state index contributed by atoms with van der Waals surface area (Å²) in [5.74, 6) is 1.66. The minimum atomic E-state index is 0.0714. The molecule has 0 aliphatic carbocycles. The monoisotopic (exact) mass is 307 g/mol. The standard InChI is InChI=1S/C18H17N3O2/c1-11-4-6-14(12(2)8-11)17-19-10-20-18(21-17)15-7-5-13(23-3)9-16(15)22/h4-10,22H,1-3H3. The highest BCUT2D eigenvalue weighted by Crippen LogP contribution is 2.31. The van der Waals surface area contributed by atoms with E-state index >= 15 is 0 Å². The number of hydrogen-bond acceptors (Lipinski definition) is 5. The predicted molar refractivity (Wildman–Crippen MR) is 88.4 cm³/mol. The Bertz CT molecular complexity index is 863. The van der Waals surface area contributed by atoms with E-state index in [4.69, 9.17) is 4.74 Å². The number of hydrogen-bond donors (Lipinski definition) is 1. The Morgan fingerprint density at radius 3 is 2.26 bits per heavy atom. The van der Waals surface area contributed by atoms with Crippen LogP contribution in [-0.4, -0.2) is 27.2 Å². The first-order valence-corrected chi connectivity index (χ1v) is 7.22. The largest absolute Gasteiger partial charge is 0.507 e. The van der Waals surface area contributed by atoms with E-state index in [2.05, 4.69) is 21.0 Å². The molecule has 0 unspecified atom stereocenters. The summed E-state index contributed by atoms with van der Waals surface area (Å²) < 4.78 is 5.09. The maximum Gasteiger partial charge on any atom is 0.167 e. The second-order valence-corrected chi connectivity index (χ2v) is 5.33. The molecule has 0 spiro atoms. The number of aromatic hydroxyl groups is 1. The summed E-state index contributed by atoms with van der Waals surface area (Å²) in [6, 6.07) is 11.1. The average molecular weight is 307 g/mol. The topological polar surface area (TPSA) is 68.1 Å². The van der Waals surface area contributed by atoms with Gasteiger partial charge in [-0.2, -0.15) is 0 Å². The molecule has 0 saturated heterocycles. The fraction of sp³-hybridized carbons (Fsp3) is 0.167. The fourth-order valence-electron chi connectivity index (χ4n) is 2.45. The molecule has 0 aliphatic heterocycles. The highest BCUT2D eigenvalue weighted by Gasteiger charge is 2.12. The molecule has 5 heteroatoms. The summed E-state index contributed by atoms with van der Waals surface area (Å²) in [5, 5.41) is 10.1. The summed E-state index contributed by atoms with van der Waals surface area (Å²) in [6.07, 6.45) is 1.46. The lowest BCUT2D eigenvalue weighted by atomic mass is 10.1. The van der Waals surface area contributed by atoms with E-state index in [-0.39, 0.29) is 5.75 Å². The molecule has 5 nitrogen and oxygen atoms in total. The van der Waals surface area contributed by atoms with Crippen LogP contribution < -0.4 is 4.74 Å². The minimum absolute atomic E-state index is 0.0714. The van der Waals surface area contributed by atoms with Crippen LogP contribution in [0.25, 0.3) is 22.8 Å². The molecule has 1 N–H and O–H groups in total. The van der Waals surface area contributed by atoms with Crippen LogP contribution in [0.4, 0.5) is 0 Å². The van der Waals surface area contributed by atoms with Gasteiger partial charge in [0.1, 0.15) is 17.8 Å². The zero-order valence-electron chi connectivity index (χ0n) is 13.2. The van der Waals surface area contributed by atoms with Crippen LogP contribution in [0.2, 0.25) is 0 Å². The van der Waals surface area contributed by atoms with Crippen LogP contribution in [0.15, 0.2) is 42.7 Å². The molecule has 0 amide bonds. The maximum absolute atomic E-state index is 10.1. The molecule has 0 atom stereocenters. The highest BCUT2D eigenvalue weighted by molar-refractivity contribution is 5.68. The highest BCUT2D eigenvalue weighted by atomic mass is 16.5. The number of aryl methyl sites for hydroxylation is 2. The molecule has 1 heterocycles. The Morgan fingerprint density at radius 1 is 0.913 bits per heavy atom. The third kappa shape index (κ3) is 2.99. The van der Waals surface area contributed by atoms with Gasteiger partial charge in [-0.3, -0.25) is 0 Å². The number of phenolic OH excluding ortho intramolecular Hbond substituents is 1. The molecule has 0 radical (unpaired) electrons. The number of benzene rings is 2. The van der Waals surface area contributed by atoms with Crippen LogP contribution in [0, 0.1) is 13.8 Å². The number of rotatable bonds is 3. The van der Waals surface area contributed by atoms with E-state index in [1.165, 1.54) is 18.0 Å². The van der Waals surface area contributed by atoms with Crippen molar-refractivity contribution in [3.05, 3.63) is 53.9 Å². The molecule has 2 aromatic carbocycles. The van der Waals surface area contributed by atoms with Gasteiger partial charge in [0.2, 0.25) is 0 Å². The van der Waals surface area contributed by atoms with Gasteiger partial charge in [-0.05, 0) is 31.5 Å². The second kappa shape index (κ2) is 6.04. The van der Waals surface area contributed by atoms with Crippen LogP contribution in [0.1, 0.15) is 11.1 Å². The molecule has 0 bridgehead atoms. The zero-order chi connectivity index (χ0) is 16.4. The van der Waals surface area contributed by atoms with E-state index in [9.17, 15) is 5.11 Å². The van der Waals surface area contributed by atoms with Gasteiger partial charge in [0.25, 0.3) is 0 Å². The number of ether oxygens (including phenoxy) is 1. The van der Waals surface area contributed by atoms with Gasteiger partial charge in [-0.15, -0.1) is 0 Å². The van der Waals surface area contributed by atoms with E-state index < -0.39 is 0 Å². The number of nitrogens with zero attached hydrogens (tertiary/aromatic N) is 3. The molecular formula is C18H17N3O2. The predicted octanol–water partition coefficient (Wildman–Crippen LogP) is 3.54. The molecule has 3 rings (SSSR count). The minimum Gasteiger partial charge on any atom is -0.507 e. The van der Waals surface area contributed by atoms with Crippen molar-refractivity contribution in [2.75, 3.05) is 7.11 Å². The molecule has 23 heavy (non-hydrogen) atoms. The average Bonchev–Trinajstić information content (AvgIpc) is 2.54. The zero-order valence-corrected chi connectivity index (χ0v) is 13.2. The van der Waals surface area contributed by atoms with Gasteiger partial charge in [0.15, 0.2) is 11.6 Å². The molecule has 1 aromatic heterocycles. The lowest BCUT2D eigenvalue weighted by molar-refractivity contribution is 0.408. The summed E-state index contributed by atoms with van der Waals surface area (Å²) in [6.45, 7) is 4.07. The first-order chi connectivity index (χ1) is 11.1. The van der Waals surface area contributed by atoms with Crippen LogP contribution in [-0.2, 0) is 0 Å². The van der Waals surface area contributed by atoms with Crippen molar-refractivity contribution >= 4 is 0 Å². The van der Waals surface area contributed by atoms with Crippen LogP contribution >= 0.6 is 0 Å². The second-order valence-electron chi connectivity index (χ2n) is 5.33. The van der Waals surface area contributed by atoms with Crippen molar-refractivity contribution in [2.24, 2.45) is 0 Å². The molecule has 0 aliphatic rings. The summed E-state index contributed by atoms with van der Waals surface area (Å²) >= 11 is 0. The third-order valence-electron chi connectivity index (χ3n) is 3.64. The van der Waals surface area contributed by atoms with Crippen LogP contribution in [0.3, 0.4) is 0 Å². The van der Waals surface area contributed by atoms with Crippen molar-refractivity contribution in [3.8, 4) is 34.3 Å². The summed E-state index contributed by atoms with van der Waals surface area (Å²) in [7, 11) is 1.55. The van der Waals surface area contributed by atoms with Crippen molar-refractivity contribution in [3.63, 3.8) is 0 Å². The van der Waals surface area contributed by atoms with Crippen molar-refractivity contribution in [2.45, 2.75) is 13.8 Å². The van der Waals surface area contributed by atoms with Crippen molar-refractivity contribution < 1.29 is 9.84 Å². The molecular weight excluding hydrogens is 290 g/mol. The Balaban J connectivity index is 2.06. The third-order valence-corrected chi connectivity index (χ3v) is 3.64. The first kappa shape index (κ1) is 15.0. The number of aromatic nitrogens is 3. The van der Waals surface area contributed by atoms with Gasteiger partial charge in [-0.1, -0.05) is 23.8 Å². The SMILES string of the molecule is COc1ccc(-c2ncnc(-c3ccc(C)cc3C)n2)c(O)c1. The summed E-state index contributed by atoms with van der Waals surface area (Å²) in [4.78, 5) is 12.9. The lowest BCUT2D eigenvalue weighted by Crippen LogP contribution is -1.97. The van der Waals surface area contributed by atoms with Crippen molar-refractivity contribution in [1.82, 2.24) is 15.0 Å². The normalized spacial score (nSPS) is 10.6. The van der Waals surface area contributed by atoms with Gasteiger partial charge < -0.3 is 9.84 Å². The lowest BCUT2D eigenvalue weighted by Gasteiger charge is -2.08. The number of phenols is 1. The van der Waals surface area contributed by atoms with E-state index in [1.54, 1.807) is 19.2 Å². The maximum atomic E-state index is 10.1. The molecule has 0 saturated carbocycles. The van der Waals surface area contributed by atoms with E-state index in [0.29, 0.717) is 23.0 Å².